The summed E-state index contributed by atoms with van der Waals surface area (Å²) < 4.78 is 86.1. The molecule has 0 aliphatic heterocycles. The first-order chi connectivity index (χ1) is 16.7. The minimum atomic E-state index is -2.80. The topological polar surface area (TPSA) is 0 Å². The summed E-state index contributed by atoms with van der Waals surface area (Å²) in [6, 6.07) is 11.1. The minimum absolute atomic E-state index is 0.119. The SMILES string of the molecule is CCCC1CCC(C(F)(F)Cc2ccc(-c3cc(F)c(-c4ccc(F)c(F)c4)c(F)c3)cc2)CC1. The second-order valence-electron chi connectivity index (χ2n) is 9.58. The van der Waals surface area contributed by atoms with Crippen molar-refractivity contribution in [2.24, 2.45) is 11.8 Å². The summed E-state index contributed by atoms with van der Waals surface area (Å²) in [7, 11) is 0. The van der Waals surface area contributed by atoms with Gasteiger partial charge in [-0.05, 0) is 78.1 Å². The Morgan fingerprint density at radius 3 is 1.83 bits per heavy atom. The van der Waals surface area contributed by atoms with E-state index in [-0.39, 0.29) is 17.5 Å². The smallest absolute Gasteiger partial charge is 0.206 e. The van der Waals surface area contributed by atoms with E-state index in [1.807, 2.05) is 0 Å². The van der Waals surface area contributed by atoms with Crippen LogP contribution in [0.3, 0.4) is 0 Å². The van der Waals surface area contributed by atoms with Crippen molar-refractivity contribution in [3.8, 4) is 22.3 Å². The Kier molecular flexibility index (Phi) is 7.58. The molecule has 186 valence electrons. The van der Waals surface area contributed by atoms with E-state index in [1.54, 1.807) is 24.3 Å². The maximum atomic E-state index is 14.9. The Bertz CT molecular complexity index is 1140. The molecule has 0 N–H and O–H groups in total. The van der Waals surface area contributed by atoms with Crippen molar-refractivity contribution in [2.75, 3.05) is 0 Å². The molecule has 3 aromatic rings. The minimum Gasteiger partial charge on any atom is -0.206 e. The molecule has 0 unspecified atom stereocenters. The maximum absolute atomic E-state index is 14.9. The van der Waals surface area contributed by atoms with Crippen molar-refractivity contribution >= 4 is 0 Å². The van der Waals surface area contributed by atoms with Crippen LogP contribution in [-0.4, -0.2) is 5.92 Å². The van der Waals surface area contributed by atoms with Gasteiger partial charge in [0.15, 0.2) is 11.6 Å². The fourth-order valence-corrected chi connectivity index (χ4v) is 5.18. The van der Waals surface area contributed by atoms with Crippen molar-refractivity contribution in [3.63, 3.8) is 0 Å². The molecule has 0 nitrogen and oxygen atoms in total. The molecule has 0 radical (unpaired) electrons. The number of hydrogen-bond acceptors (Lipinski definition) is 0. The molecule has 0 amide bonds. The Hall–Kier alpha value is -2.76. The summed E-state index contributed by atoms with van der Waals surface area (Å²) in [5, 5.41) is 0. The third-order valence-corrected chi connectivity index (χ3v) is 7.12. The van der Waals surface area contributed by atoms with Crippen LogP contribution in [0.25, 0.3) is 22.3 Å². The summed E-state index contributed by atoms with van der Waals surface area (Å²) in [6.45, 7) is 2.12. The van der Waals surface area contributed by atoms with E-state index >= 15 is 0 Å². The molecule has 1 aliphatic carbocycles. The van der Waals surface area contributed by atoms with Gasteiger partial charge in [0.2, 0.25) is 0 Å². The van der Waals surface area contributed by atoms with Crippen molar-refractivity contribution in [1.29, 1.82) is 0 Å². The molecule has 4 rings (SSSR count). The molecule has 0 saturated heterocycles. The first-order valence-corrected chi connectivity index (χ1v) is 12.1. The van der Waals surface area contributed by atoms with Gasteiger partial charge in [0.1, 0.15) is 11.6 Å². The van der Waals surface area contributed by atoms with Crippen LogP contribution < -0.4 is 0 Å². The average molecular weight is 491 g/mol. The number of halogens is 6. The Balaban J connectivity index is 1.48. The summed E-state index contributed by atoms with van der Waals surface area (Å²) in [5.41, 5.74) is 0.573. The molecule has 0 spiro atoms. The van der Waals surface area contributed by atoms with E-state index < -0.39 is 40.7 Å². The second kappa shape index (κ2) is 10.5. The van der Waals surface area contributed by atoms with Crippen LogP contribution in [0, 0.1) is 35.1 Å². The van der Waals surface area contributed by atoms with Gasteiger partial charge >= 0.3 is 0 Å². The van der Waals surface area contributed by atoms with Gasteiger partial charge in [-0.25, -0.2) is 26.3 Å². The van der Waals surface area contributed by atoms with Gasteiger partial charge in [0, 0.05) is 12.3 Å². The van der Waals surface area contributed by atoms with Crippen LogP contribution in [0.2, 0.25) is 0 Å². The van der Waals surface area contributed by atoms with Crippen LogP contribution in [-0.2, 0) is 6.42 Å². The van der Waals surface area contributed by atoms with Crippen molar-refractivity contribution in [2.45, 2.75) is 57.8 Å². The molecule has 0 atom stereocenters. The lowest BCUT2D eigenvalue weighted by Gasteiger charge is -2.33. The lowest BCUT2D eigenvalue weighted by Crippen LogP contribution is -2.34. The largest absolute Gasteiger partial charge is 0.254 e. The van der Waals surface area contributed by atoms with Crippen LogP contribution in [0.4, 0.5) is 26.3 Å². The molecule has 0 aromatic heterocycles. The lowest BCUT2D eigenvalue weighted by atomic mass is 9.76. The fraction of sp³-hybridized carbons (Fsp3) is 0.379. The number of rotatable bonds is 7. The number of alkyl halides is 2. The van der Waals surface area contributed by atoms with Gasteiger partial charge in [-0.1, -0.05) is 50.1 Å². The number of benzene rings is 3. The van der Waals surface area contributed by atoms with Gasteiger partial charge in [-0.3, -0.25) is 0 Å². The van der Waals surface area contributed by atoms with Gasteiger partial charge in [-0.2, -0.15) is 0 Å². The molecule has 3 aromatic carbocycles. The molecule has 1 fully saturated rings. The first-order valence-electron chi connectivity index (χ1n) is 12.1. The molecule has 35 heavy (non-hydrogen) atoms. The molecule has 0 heterocycles. The first kappa shape index (κ1) is 25.3. The zero-order valence-corrected chi connectivity index (χ0v) is 19.6. The van der Waals surface area contributed by atoms with Crippen molar-refractivity contribution < 1.29 is 26.3 Å². The Morgan fingerprint density at radius 2 is 1.26 bits per heavy atom. The average Bonchev–Trinajstić information content (AvgIpc) is 2.82. The second-order valence-corrected chi connectivity index (χ2v) is 9.58. The highest BCUT2D eigenvalue weighted by molar-refractivity contribution is 5.72. The van der Waals surface area contributed by atoms with Gasteiger partial charge in [0.25, 0.3) is 5.92 Å². The summed E-state index contributed by atoms with van der Waals surface area (Å²) in [6.07, 6.45) is 4.60. The van der Waals surface area contributed by atoms with E-state index in [1.165, 1.54) is 0 Å². The van der Waals surface area contributed by atoms with E-state index in [0.717, 1.165) is 56.0 Å². The van der Waals surface area contributed by atoms with Crippen molar-refractivity contribution in [1.82, 2.24) is 0 Å². The molecular formula is C29H28F6. The third kappa shape index (κ3) is 5.74. The highest BCUT2D eigenvalue weighted by atomic mass is 19.3. The van der Waals surface area contributed by atoms with E-state index in [9.17, 15) is 26.3 Å². The zero-order chi connectivity index (χ0) is 25.2. The van der Waals surface area contributed by atoms with Crippen LogP contribution in [0.15, 0.2) is 54.6 Å². The lowest BCUT2D eigenvalue weighted by molar-refractivity contribution is -0.0745. The zero-order valence-electron chi connectivity index (χ0n) is 19.6. The van der Waals surface area contributed by atoms with Crippen LogP contribution in [0.5, 0.6) is 0 Å². The highest BCUT2D eigenvalue weighted by Crippen LogP contribution is 2.42. The monoisotopic (exact) mass is 490 g/mol. The van der Waals surface area contributed by atoms with Gasteiger partial charge in [0.05, 0.1) is 5.56 Å². The maximum Gasteiger partial charge on any atom is 0.254 e. The quantitative estimate of drug-likeness (QED) is 0.290. The summed E-state index contributed by atoms with van der Waals surface area (Å²) >= 11 is 0. The molecule has 0 bridgehead atoms. The van der Waals surface area contributed by atoms with Crippen LogP contribution >= 0.6 is 0 Å². The van der Waals surface area contributed by atoms with Crippen molar-refractivity contribution in [3.05, 3.63) is 83.4 Å². The number of hydrogen-bond donors (Lipinski definition) is 0. The summed E-state index contributed by atoms with van der Waals surface area (Å²) in [5.74, 6) is -7.04. The Morgan fingerprint density at radius 1 is 0.686 bits per heavy atom. The van der Waals surface area contributed by atoms with Gasteiger partial charge in [-0.15, -0.1) is 0 Å². The van der Waals surface area contributed by atoms with E-state index in [2.05, 4.69) is 6.92 Å². The Labute approximate surface area is 202 Å². The highest BCUT2D eigenvalue weighted by Gasteiger charge is 2.41. The normalized spacial score (nSPS) is 18.6. The van der Waals surface area contributed by atoms with Crippen LogP contribution in [0.1, 0.15) is 51.0 Å². The predicted octanol–water partition coefficient (Wildman–Crippen LogP) is 9.36. The summed E-state index contributed by atoms with van der Waals surface area (Å²) in [4.78, 5) is 0. The molecular weight excluding hydrogens is 462 g/mol. The fourth-order valence-electron chi connectivity index (χ4n) is 5.18. The third-order valence-electron chi connectivity index (χ3n) is 7.12. The van der Waals surface area contributed by atoms with Gasteiger partial charge < -0.3 is 0 Å². The van der Waals surface area contributed by atoms with E-state index in [4.69, 9.17) is 0 Å². The standard InChI is InChI=1S/C29H28F6/c1-2-3-18-6-11-23(12-7-18)29(34,35)17-19-4-8-20(9-5-19)22-15-26(32)28(27(33)16-22)21-10-13-24(30)25(31)14-21/h4-5,8-10,13-16,18,23H,2-3,6-7,11-12,17H2,1H3. The van der Waals surface area contributed by atoms with E-state index in [0.29, 0.717) is 29.9 Å². The molecule has 1 aliphatic rings. The molecule has 6 heteroatoms. The predicted molar refractivity (Wildman–Crippen MR) is 126 cm³/mol. The molecule has 1 saturated carbocycles.